The van der Waals surface area contributed by atoms with Crippen LogP contribution >= 0.6 is 35.6 Å². The van der Waals surface area contributed by atoms with Crippen LogP contribution in [0.3, 0.4) is 0 Å². The van der Waals surface area contributed by atoms with E-state index in [0.29, 0.717) is 21.8 Å². The van der Waals surface area contributed by atoms with Crippen molar-refractivity contribution in [1.82, 2.24) is 4.98 Å². The summed E-state index contributed by atoms with van der Waals surface area (Å²) in [6.07, 6.45) is -4.80. The molecule has 1 heterocycles. The molecule has 0 aliphatic heterocycles. The zero-order chi connectivity index (χ0) is 17.3. The van der Waals surface area contributed by atoms with Crippen LogP contribution in [0.5, 0.6) is 5.75 Å². The molecular formula is C17H11Cl3F3NO. The lowest BCUT2D eigenvalue weighted by molar-refractivity contribution is -0.274. The highest BCUT2D eigenvalue weighted by atomic mass is 35.5. The van der Waals surface area contributed by atoms with E-state index in [1.165, 1.54) is 18.2 Å². The molecule has 0 fully saturated rings. The number of para-hydroxylation sites is 2. The Labute approximate surface area is 157 Å². The Morgan fingerprint density at radius 2 is 1.76 bits per heavy atom. The number of fused-ring (bicyclic) bond motifs is 1. The Hall–Kier alpha value is -1.69. The predicted octanol–water partition coefficient (Wildman–Crippen LogP) is 6.61. The van der Waals surface area contributed by atoms with E-state index in [1.807, 2.05) is 6.07 Å². The smallest absolute Gasteiger partial charge is 0.405 e. The Morgan fingerprint density at radius 1 is 1.04 bits per heavy atom. The van der Waals surface area contributed by atoms with Crippen LogP contribution in [0, 0.1) is 0 Å². The van der Waals surface area contributed by atoms with Crippen molar-refractivity contribution >= 4 is 46.5 Å². The standard InChI is InChI=1S/C17H10Cl2F3NO.ClH/c18-9-11-8-10-4-3-6-13(19)16(10)23-15(11)12-5-1-2-7-14(12)24-17(20,21)22;/h1-8H,9H2;1H. The molecule has 132 valence electrons. The summed E-state index contributed by atoms with van der Waals surface area (Å²) in [5, 5.41) is 1.17. The molecule has 0 bridgehead atoms. The molecule has 0 atom stereocenters. The van der Waals surface area contributed by atoms with Gasteiger partial charge in [-0.2, -0.15) is 0 Å². The molecule has 25 heavy (non-hydrogen) atoms. The monoisotopic (exact) mass is 407 g/mol. The van der Waals surface area contributed by atoms with Gasteiger partial charge >= 0.3 is 6.36 Å². The molecule has 0 saturated carbocycles. The van der Waals surface area contributed by atoms with E-state index in [0.717, 1.165) is 5.39 Å². The molecule has 3 aromatic rings. The van der Waals surface area contributed by atoms with Crippen molar-refractivity contribution in [1.29, 1.82) is 0 Å². The van der Waals surface area contributed by atoms with Crippen LogP contribution < -0.4 is 4.74 Å². The normalized spacial score (nSPS) is 11.2. The molecule has 0 N–H and O–H groups in total. The number of alkyl halides is 4. The number of hydrogen-bond acceptors (Lipinski definition) is 2. The van der Waals surface area contributed by atoms with Crippen molar-refractivity contribution < 1.29 is 17.9 Å². The Bertz CT molecular complexity index is 900. The summed E-state index contributed by atoms with van der Waals surface area (Å²) >= 11 is 12.1. The van der Waals surface area contributed by atoms with Crippen molar-refractivity contribution in [3.05, 3.63) is 59.1 Å². The highest BCUT2D eigenvalue weighted by molar-refractivity contribution is 6.35. The van der Waals surface area contributed by atoms with Gasteiger partial charge in [-0.3, -0.25) is 0 Å². The number of hydrogen-bond donors (Lipinski definition) is 0. The van der Waals surface area contributed by atoms with Gasteiger partial charge < -0.3 is 4.74 Å². The molecule has 2 nitrogen and oxygen atoms in total. The van der Waals surface area contributed by atoms with Gasteiger partial charge in [-0.05, 0) is 29.8 Å². The maximum atomic E-state index is 12.6. The van der Waals surface area contributed by atoms with Crippen LogP contribution in [-0.4, -0.2) is 11.3 Å². The number of aromatic nitrogens is 1. The lowest BCUT2D eigenvalue weighted by atomic mass is 10.0. The number of ether oxygens (including phenoxy) is 1. The topological polar surface area (TPSA) is 22.1 Å². The average molecular weight is 409 g/mol. The Balaban J connectivity index is 0.00000225. The van der Waals surface area contributed by atoms with Gasteiger partial charge in [-0.1, -0.05) is 35.9 Å². The van der Waals surface area contributed by atoms with Crippen molar-refractivity contribution in [2.45, 2.75) is 12.2 Å². The fourth-order valence-electron chi connectivity index (χ4n) is 2.42. The van der Waals surface area contributed by atoms with E-state index in [9.17, 15) is 13.2 Å². The molecule has 0 aliphatic rings. The van der Waals surface area contributed by atoms with Gasteiger partial charge in [-0.15, -0.1) is 37.2 Å². The minimum atomic E-state index is -4.80. The summed E-state index contributed by atoms with van der Waals surface area (Å²) in [6, 6.07) is 12.8. The summed E-state index contributed by atoms with van der Waals surface area (Å²) in [5.74, 6) is -0.249. The third kappa shape index (κ3) is 4.29. The third-order valence-electron chi connectivity index (χ3n) is 3.39. The number of halogens is 6. The summed E-state index contributed by atoms with van der Waals surface area (Å²) in [5.41, 5.74) is 1.59. The minimum Gasteiger partial charge on any atom is -0.405 e. The first-order chi connectivity index (χ1) is 11.4. The average Bonchev–Trinajstić information content (AvgIpc) is 2.53. The lowest BCUT2D eigenvalue weighted by Gasteiger charge is -2.15. The van der Waals surface area contributed by atoms with Crippen molar-refractivity contribution in [3.63, 3.8) is 0 Å². The van der Waals surface area contributed by atoms with Crippen LogP contribution in [0.15, 0.2) is 48.5 Å². The molecule has 0 spiro atoms. The van der Waals surface area contributed by atoms with Crippen LogP contribution in [0.1, 0.15) is 5.56 Å². The first-order valence-corrected chi connectivity index (χ1v) is 7.79. The molecule has 3 rings (SSSR count). The molecular weight excluding hydrogens is 398 g/mol. The summed E-state index contributed by atoms with van der Waals surface area (Å²) < 4.78 is 42.1. The van der Waals surface area contributed by atoms with Crippen molar-refractivity contribution in [2.75, 3.05) is 0 Å². The lowest BCUT2D eigenvalue weighted by Crippen LogP contribution is -2.17. The first kappa shape index (κ1) is 19.6. The number of pyridine rings is 1. The predicted molar refractivity (Wildman–Crippen MR) is 95.7 cm³/mol. The minimum absolute atomic E-state index is 0. The molecule has 0 amide bonds. The van der Waals surface area contributed by atoms with Gasteiger partial charge in [0.05, 0.1) is 16.2 Å². The van der Waals surface area contributed by atoms with Crippen LogP contribution in [-0.2, 0) is 5.88 Å². The Morgan fingerprint density at radius 3 is 2.44 bits per heavy atom. The SMILES string of the molecule is Cl.FC(F)(F)Oc1ccccc1-c1nc2c(Cl)cccc2cc1CCl. The van der Waals surface area contributed by atoms with Gasteiger partial charge in [0, 0.05) is 16.8 Å². The first-order valence-electron chi connectivity index (χ1n) is 6.88. The van der Waals surface area contributed by atoms with Gasteiger partial charge in [0.25, 0.3) is 0 Å². The second-order valence-corrected chi connectivity index (χ2v) is 5.66. The van der Waals surface area contributed by atoms with Crippen molar-refractivity contribution in [3.8, 4) is 17.0 Å². The third-order valence-corrected chi connectivity index (χ3v) is 3.98. The molecule has 0 aliphatic carbocycles. The second kappa shape index (κ2) is 7.68. The van der Waals surface area contributed by atoms with Crippen LogP contribution in [0.25, 0.3) is 22.2 Å². The summed E-state index contributed by atoms with van der Waals surface area (Å²) in [6.45, 7) is 0. The van der Waals surface area contributed by atoms with E-state index in [1.54, 1.807) is 24.3 Å². The molecule has 0 saturated heterocycles. The number of rotatable bonds is 3. The molecule has 0 unspecified atom stereocenters. The van der Waals surface area contributed by atoms with E-state index in [4.69, 9.17) is 23.2 Å². The van der Waals surface area contributed by atoms with E-state index in [2.05, 4.69) is 9.72 Å². The molecule has 2 aromatic carbocycles. The Kier molecular flexibility index (Phi) is 6.03. The molecule has 0 radical (unpaired) electrons. The number of benzene rings is 2. The highest BCUT2D eigenvalue weighted by Crippen LogP contribution is 2.37. The van der Waals surface area contributed by atoms with Crippen LogP contribution in [0.4, 0.5) is 13.2 Å². The fourth-order valence-corrected chi connectivity index (χ4v) is 2.84. The summed E-state index contributed by atoms with van der Waals surface area (Å²) in [7, 11) is 0. The number of nitrogens with zero attached hydrogens (tertiary/aromatic N) is 1. The maximum Gasteiger partial charge on any atom is 0.573 e. The highest BCUT2D eigenvalue weighted by Gasteiger charge is 2.32. The van der Waals surface area contributed by atoms with Crippen LogP contribution in [0.2, 0.25) is 5.02 Å². The zero-order valence-electron chi connectivity index (χ0n) is 12.5. The summed E-state index contributed by atoms with van der Waals surface area (Å²) in [4.78, 5) is 4.44. The maximum absolute atomic E-state index is 12.6. The van der Waals surface area contributed by atoms with E-state index in [-0.39, 0.29) is 29.6 Å². The largest absolute Gasteiger partial charge is 0.573 e. The second-order valence-electron chi connectivity index (χ2n) is 4.99. The van der Waals surface area contributed by atoms with Crippen molar-refractivity contribution in [2.24, 2.45) is 0 Å². The van der Waals surface area contributed by atoms with Gasteiger partial charge in [0.15, 0.2) is 0 Å². The van der Waals surface area contributed by atoms with Gasteiger partial charge in [0.2, 0.25) is 0 Å². The zero-order valence-corrected chi connectivity index (χ0v) is 14.8. The fraction of sp³-hybridized carbons (Fsp3) is 0.118. The molecule has 1 aromatic heterocycles. The van der Waals surface area contributed by atoms with Gasteiger partial charge in [0.1, 0.15) is 5.75 Å². The molecule has 8 heteroatoms. The quantitative estimate of drug-likeness (QED) is 0.455. The van der Waals surface area contributed by atoms with Gasteiger partial charge in [-0.25, -0.2) is 4.98 Å². The van der Waals surface area contributed by atoms with E-state index >= 15 is 0 Å². The van der Waals surface area contributed by atoms with E-state index < -0.39 is 6.36 Å².